The Kier molecular flexibility index (Phi) is 2.47. The number of anilines is 1. The van der Waals surface area contributed by atoms with Crippen LogP contribution in [0.25, 0.3) is 0 Å². The molecular weight excluding hydrogens is 224 g/mol. The number of carbonyl (C=O) groups excluding carboxylic acids is 2. The first kappa shape index (κ1) is 11.0. The van der Waals surface area contributed by atoms with Crippen LogP contribution in [0.4, 0.5) is 5.69 Å². The molecule has 1 aliphatic heterocycles. The van der Waals surface area contributed by atoms with Crippen LogP contribution >= 0.6 is 0 Å². The van der Waals surface area contributed by atoms with Gasteiger partial charge in [-0.15, -0.1) is 0 Å². The Bertz CT molecular complexity index is 545. The summed E-state index contributed by atoms with van der Waals surface area (Å²) in [6, 6.07) is 6.66. The van der Waals surface area contributed by atoms with Gasteiger partial charge in [-0.2, -0.15) is 10.1 Å². The summed E-state index contributed by atoms with van der Waals surface area (Å²) in [6.45, 7) is 1.87. The second kappa shape index (κ2) is 3.82. The minimum Gasteiger partial charge on any atom is -0.476 e. The third-order valence-electron chi connectivity index (χ3n) is 2.28. The summed E-state index contributed by atoms with van der Waals surface area (Å²) in [7, 11) is 0. The highest BCUT2D eigenvalue weighted by atomic mass is 16.4. The maximum absolute atomic E-state index is 11.5. The Hall–Kier alpha value is -2.50. The van der Waals surface area contributed by atoms with Crippen LogP contribution in [-0.4, -0.2) is 28.5 Å². The Morgan fingerprint density at radius 2 is 1.82 bits per heavy atom. The van der Waals surface area contributed by atoms with Crippen LogP contribution in [0.2, 0.25) is 0 Å². The Morgan fingerprint density at radius 3 is 2.29 bits per heavy atom. The summed E-state index contributed by atoms with van der Waals surface area (Å²) >= 11 is 0. The molecule has 0 spiro atoms. The molecule has 0 bridgehead atoms. The van der Waals surface area contributed by atoms with Crippen molar-refractivity contribution in [3.63, 3.8) is 0 Å². The molecular formula is C11H8N2O4. The fourth-order valence-corrected chi connectivity index (χ4v) is 1.39. The molecule has 0 aromatic heterocycles. The lowest BCUT2D eigenvalue weighted by atomic mass is 10.2. The van der Waals surface area contributed by atoms with E-state index in [0.29, 0.717) is 5.69 Å². The quantitative estimate of drug-likeness (QED) is 0.745. The fraction of sp³-hybridized carbons (Fsp3) is 0.0909. The molecule has 1 amide bonds. The lowest BCUT2D eigenvalue weighted by Gasteiger charge is -2.10. The van der Waals surface area contributed by atoms with Gasteiger partial charge in [0.2, 0.25) is 5.71 Å². The number of hydrazone groups is 1. The molecule has 86 valence electrons. The number of amides is 1. The number of aliphatic carboxylic acids is 1. The number of nitrogens with zero attached hydrogens (tertiary/aromatic N) is 2. The topological polar surface area (TPSA) is 87.0 Å². The molecule has 2 rings (SSSR count). The Morgan fingerprint density at radius 1 is 1.24 bits per heavy atom. The van der Waals surface area contributed by atoms with Gasteiger partial charge in [0, 0.05) is 0 Å². The zero-order valence-corrected chi connectivity index (χ0v) is 8.88. The normalized spacial score (nSPS) is 15.1. The van der Waals surface area contributed by atoms with Gasteiger partial charge in [0.05, 0.1) is 5.69 Å². The van der Waals surface area contributed by atoms with Gasteiger partial charge in [0.25, 0.3) is 5.78 Å². The van der Waals surface area contributed by atoms with Crippen LogP contribution in [0, 0.1) is 6.92 Å². The largest absolute Gasteiger partial charge is 0.476 e. The van der Waals surface area contributed by atoms with E-state index in [1.54, 1.807) is 24.3 Å². The summed E-state index contributed by atoms with van der Waals surface area (Å²) < 4.78 is 0. The van der Waals surface area contributed by atoms with Gasteiger partial charge < -0.3 is 5.11 Å². The van der Waals surface area contributed by atoms with Crippen molar-refractivity contribution in [3.05, 3.63) is 29.8 Å². The van der Waals surface area contributed by atoms with Gasteiger partial charge in [0.15, 0.2) is 0 Å². The van der Waals surface area contributed by atoms with Crippen molar-refractivity contribution in [1.82, 2.24) is 0 Å². The van der Waals surface area contributed by atoms with Crippen LogP contribution in [0.15, 0.2) is 29.4 Å². The predicted octanol–water partition coefficient (Wildman–Crippen LogP) is 0.351. The fourth-order valence-electron chi connectivity index (χ4n) is 1.39. The van der Waals surface area contributed by atoms with Crippen LogP contribution in [-0.2, 0) is 14.4 Å². The Balaban J connectivity index is 2.41. The van der Waals surface area contributed by atoms with Crippen molar-refractivity contribution in [3.8, 4) is 0 Å². The second-order valence-corrected chi connectivity index (χ2v) is 3.54. The number of carbonyl (C=O) groups is 3. The number of aryl methyl sites for hydroxylation is 1. The van der Waals surface area contributed by atoms with Crippen molar-refractivity contribution in [2.75, 3.05) is 5.01 Å². The maximum atomic E-state index is 11.5. The van der Waals surface area contributed by atoms with Crippen molar-refractivity contribution < 1.29 is 19.5 Å². The number of hydrogen-bond acceptors (Lipinski definition) is 4. The lowest BCUT2D eigenvalue weighted by molar-refractivity contribution is -0.134. The van der Waals surface area contributed by atoms with Crippen LogP contribution < -0.4 is 5.01 Å². The molecule has 0 radical (unpaired) electrons. The highest BCUT2D eigenvalue weighted by molar-refractivity contribution is 6.81. The summed E-state index contributed by atoms with van der Waals surface area (Å²) in [5, 5.41) is 13.0. The maximum Gasteiger partial charge on any atom is 0.360 e. The van der Waals surface area contributed by atoms with E-state index in [4.69, 9.17) is 5.11 Å². The second-order valence-electron chi connectivity index (χ2n) is 3.54. The number of carboxylic acid groups (broad SMARTS) is 1. The summed E-state index contributed by atoms with van der Waals surface area (Å²) in [5.74, 6) is -3.55. The lowest BCUT2D eigenvalue weighted by Crippen LogP contribution is -2.29. The number of rotatable bonds is 2. The zero-order valence-electron chi connectivity index (χ0n) is 8.88. The van der Waals surface area contributed by atoms with Gasteiger partial charge in [-0.1, -0.05) is 17.7 Å². The average Bonchev–Trinajstić information content (AvgIpc) is 2.58. The SMILES string of the molecule is Cc1ccc(N2N=C(C(=O)O)C(=O)C2=O)cc1. The molecule has 6 nitrogen and oxygen atoms in total. The molecule has 0 aliphatic carbocycles. The Labute approximate surface area is 96.2 Å². The van der Waals surface area contributed by atoms with Crippen molar-refractivity contribution >= 4 is 29.1 Å². The number of hydrogen-bond donors (Lipinski definition) is 1. The van der Waals surface area contributed by atoms with E-state index in [9.17, 15) is 14.4 Å². The van der Waals surface area contributed by atoms with Crippen molar-refractivity contribution in [1.29, 1.82) is 0 Å². The molecule has 0 saturated carbocycles. The van der Waals surface area contributed by atoms with Gasteiger partial charge >= 0.3 is 11.9 Å². The monoisotopic (exact) mass is 232 g/mol. The minimum absolute atomic E-state index is 0.366. The van der Waals surface area contributed by atoms with Crippen LogP contribution in [0.1, 0.15) is 5.56 Å². The third-order valence-corrected chi connectivity index (χ3v) is 2.28. The molecule has 0 unspecified atom stereocenters. The minimum atomic E-state index is -1.50. The van der Waals surface area contributed by atoms with Crippen LogP contribution in [0.3, 0.4) is 0 Å². The van der Waals surface area contributed by atoms with E-state index in [-0.39, 0.29) is 0 Å². The first-order chi connectivity index (χ1) is 8.00. The smallest absolute Gasteiger partial charge is 0.360 e. The standard InChI is InChI=1S/C11H8N2O4/c1-6-2-4-7(5-3-6)13-10(15)9(14)8(12-13)11(16)17/h2-5H,1H3,(H,16,17). The molecule has 0 saturated heterocycles. The molecule has 0 fully saturated rings. The summed E-state index contributed by atoms with van der Waals surface area (Å²) in [4.78, 5) is 33.5. The molecule has 17 heavy (non-hydrogen) atoms. The van der Waals surface area contributed by atoms with Gasteiger partial charge in [0.1, 0.15) is 0 Å². The van der Waals surface area contributed by atoms with Gasteiger partial charge in [-0.3, -0.25) is 9.59 Å². The van der Waals surface area contributed by atoms with E-state index < -0.39 is 23.4 Å². The molecule has 6 heteroatoms. The first-order valence-electron chi connectivity index (χ1n) is 4.78. The molecule has 1 aromatic carbocycles. The third kappa shape index (κ3) is 1.80. The number of benzene rings is 1. The van der Waals surface area contributed by atoms with E-state index in [0.717, 1.165) is 10.6 Å². The van der Waals surface area contributed by atoms with E-state index in [1.165, 1.54) is 0 Å². The van der Waals surface area contributed by atoms with E-state index in [1.807, 2.05) is 6.92 Å². The van der Waals surface area contributed by atoms with E-state index in [2.05, 4.69) is 5.10 Å². The highest BCUT2D eigenvalue weighted by Crippen LogP contribution is 2.19. The molecule has 1 aliphatic rings. The van der Waals surface area contributed by atoms with E-state index >= 15 is 0 Å². The molecule has 1 N–H and O–H groups in total. The average molecular weight is 232 g/mol. The highest BCUT2D eigenvalue weighted by Gasteiger charge is 2.38. The number of Topliss-reactive ketones (excluding diaryl/α,β-unsaturated/α-hetero) is 1. The molecule has 1 heterocycles. The van der Waals surface area contributed by atoms with Crippen LogP contribution in [0.5, 0.6) is 0 Å². The summed E-state index contributed by atoms with van der Waals surface area (Å²) in [5.41, 5.74) is 0.593. The van der Waals surface area contributed by atoms with Gasteiger partial charge in [-0.05, 0) is 19.1 Å². The zero-order chi connectivity index (χ0) is 12.6. The molecule has 1 aromatic rings. The van der Waals surface area contributed by atoms with Gasteiger partial charge in [-0.25, -0.2) is 4.79 Å². The number of carboxylic acids is 1. The van der Waals surface area contributed by atoms with Crippen molar-refractivity contribution in [2.45, 2.75) is 6.92 Å². The predicted molar refractivity (Wildman–Crippen MR) is 58.7 cm³/mol. The first-order valence-corrected chi connectivity index (χ1v) is 4.78. The summed E-state index contributed by atoms with van der Waals surface area (Å²) in [6.07, 6.45) is 0. The molecule has 0 atom stereocenters. The number of ketones is 1. The van der Waals surface area contributed by atoms with Crippen molar-refractivity contribution in [2.24, 2.45) is 5.10 Å².